The van der Waals surface area contributed by atoms with Gasteiger partial charge in [-0.05, 0) is 74.5 Å². The molecule has 7 heteroatoms. The van der Waals surface area contributed by atoms with E-state index in [4.69, 9.17) is 12.2 Å². The number of amides is 1. The van der Waals surface area contributed by atoms with Crippen molar-refractivity contribution < 1.29 is 9.90 Å². The second-order valence-corrected chi connectivity index (χ2v) is 5.72. The summed E-state index contributed by atoms with van der Waals surface area (Å²) in [5, 5.41) is 15.1. The number of hydrogen-bond acceptors (Lipinski definition) is 3. The minimum Gasteiger partial charge on any atom is -0.506 e. The Kier molecular flexibility index (Phi) is 3.69. The summed E-state index contributed by atoms with van der Waals surface area (Å²) in [4.78, 5) is 11.4. The molecule has 0 spiro atoms. The maximum Gasteiger partial charge on any atom is 0.273 e. The molecule has 88 valence electrons. The molecule has 0 atom stereocenters. The SMILES string of the molecule is O=C1NC(=S)N/C1=C/c1cc(Br)c(O)c(I)c1. The Morgan fingerprint density at radius 3 is 2.65 bits per heavy atom. The van der Waals surface area contributed by atoms with Crippen molar-refractivity contribution in [2.24, 2.45) is 0 Å². The van der Waals surface area contributed by atoms with E-state index in [1.165, 1.54) is 0 Å². The highest BCUT2D eigenvalue weighted by atomic mass is 127. The van der Waals surface area contributed by atoms with Crippen LogP contribution in [0.15, 0.2) is 22.3 Å². The van der Waals surface area contributed by atoms with Crippen LogP contribution in [0.5, 0.6) is 5.75 Å². The third-order valence-electron chi connectivity index (χ3n) is 2.07. The van der Waals surface area contributed by atoms with Gasteiger partial charge in [-0.2, -0.15) is 0 Å². The van der Waals surface area contributed by atoms with Crippen LogP contribution in [-0.2, 0) is 4.79 Å². The lowest BCUT2D eigenvalue weighted by Crippen LogP contribution is -2.21. The van der Waals surface area contributed by atoms with Gasteiger partial charge in [-0.1, -0.05) is 0 Å². The van der Waals surface area contributed by atoms with Gasteiger partial charge in [0, 0.05) is 0 Å². The monoisotopic (exact) mass is 424 g/mol. The van der Waals surface area contributed by atoms with Crippen LogP contribution in [0.2, 0.25) is 0 Å². The number of halogens is 2. The van der Waals surface area contributed by atoms with E-state index in [2.05, 4.69) is 26.6 Å². The van der Waals surface area contributed by atoms with Crippen molar-refractivity contribution in [3.05, 3.63) is 31.4 Å². The average Bonchev–Trinajstić information content (AvgIpc) is 2.54. The maximum absolute atomic E-state index is 11.4. The Balaban J connectivity index is 2.40. The van der Waals surface area contributed by atoms with E-state index in [0.29, 0.717) is 18.9 Å². The maximum atomic E-state index is 11.4. The first-order valence-corrected chi connectivity index (χ1v) is 6.77. The zero-order valence-electron chi connectivity index (χ0n) is 8.25. The van der Waals surface area contributed by atoms with Crippen molar-refractivity contribution in [2.75, 3.05) is 0 Å². The molecule has 1 fully saturated rings. The van der Waals surface area contributed by atoms with Gasteiger partial charge >= 0.3 is 0 Å². The van der Waals surface area contributed by atoms with Crippen molar-refractivity contribution in [3.63, 3.8) is 0 Å². The van der Waals surface area contributed by atoms with Gasteiger partial charge in [0.1, 0.15) is 11.4 Å². The van der Waals surface area contributed by atoms with Gasteiger partial charge in [-0.15, -0.1) is 0 Å². The summed E-state index contributed by atoms with van der Waals surface area (Å²) in [5.74, 6) is -0.0682. The molecule has 1 amide bonds. The quantitative estimate of drug-likeness (QED) is 0.367. The lowest BCUT2D eigenvalue weighted by atomic mass is 10.2. The molecule has 2 rings (SSSR count). The van der Waals surface area contributed by atoms with E-state index < -0.39 is 0 Å². The molecule has 3 N–H and O–H groups in total. The average molecular weight is 425 g/mol. The predicted molar refractivity (Wildman–Crippen MR) is 80.4 cm³/mol. The van der Waals surface area contributed by atoms with Crippen LogP contribution < -0.4 is 10.6 Å². The summed E-state index contributed by atoms with van der Waals surface area (Å²) in [6.45, 7) is 0. The number of benzene rings is 1. The Morgan fingerprint density at radius 1 is 1.41 bits per heavy atom. The molecule has 1 aromatic rings. The summed E-state index contributed by atoms with van der Waals surface area (Å²) < 4.78 is 1.28. The zero-order chi connectivity index (χ0) is 12.6. The Labute approximate surface area is 125 Å². The van der Waals surface area contributed by atoms with E-state index >= 15 is 0 Å². The first-order valence-electron chi connectivity index (χ1n) is 4.49. The van der Waals surface area contributed by atoms with Crippen LogP contribution in [-0.4, -0.2) is 16.1 Å². The molecule has 1 aliphatic heterocycles. The Morgan fingerprint density at radius 2 is 2.12 bits per heavy atom. The first kappa shape index (κ1) is 12.8. The van der Waals surface area contributed by atoms with Gasteiger partial charge in [-0.25, -0.2) is 0 Å². The van der Waals surface area contributed by atoms with Gasteiger partial charge < -0.3 is 10.4 Å². The molecule has 0 radical (unpaired) electrons. The van der Waals surface area contributed by atoms with Crippen LogP contribution in [0.25, 0.3) is 6.08 Å². The minimum atomic E-state index is -0.255. The highest BCUT2D eigenvalue weighted by molar-refractivity contribution is 14.1. The van der Waals surface area contributed by atoms with E-state index in [-0.39, 0.29) is 11.7 Å². The summed E-state index contributed by atoms with van der Waals surface area (Å²) >= 11 is 10.1. The molecule has 0 aliphatic carbocycles. The predicted octanol–water partition coefficient (Wildman–Crippen LogP) is 2.10. The molecular formula is C10H6BrIN2O2S. The van der Waals surface area contributed by atoms with Crippen LogP contribution >= 0.6 is 50.7 Å². The molecule has 0 bridgehead atoms. The molecule has 0 unspecified atom stereocenters. The molecular weight excluding hydrogens is 419 g/mol. The second-order valence-electron chi connectivity index (χ2n) is 3.30. The summed E-state index contributed by atoms with van der Waals surface area (Å²) in [5.41, 5.74) is 1.19. The highest BCUT2D eigenvalue weighted by Gasteiger charge is 2.20. The fraction of sp³-hybridized carbons (Fsp3) is 0. The number of hydrogen-bond donors (Lipinski definition) is 3. The van der Waals surface area contributed by atoms with E-state index in [9.17, 15) is 9.90 Å². The van der Waals surface area contributed by atoms with E-state index in [1.54, 1.807) is 18.2 Å². The van der Waals surface area contributed by atoms with Gasteiger partial charge in [0.15, 0.2) is 5.11 Å². The topological polar surface area (TPSA) is 61.4 Å². The summed E-state index contributed by atoms with van der Waals surface area (Å²) in [6.07, 6.45) is 1.67. The second kappa shape index (κ2) is 4.91. The third kappa shape index (κ3) is 2.78. The fourth-order valence-corrected chi connectivity index (χ4v) is 3.02. The van der Waals surface area contributed by atoms with Crippen molar-refractivity contribution >= 4 is 67.8 Å². The molecule has 1 aromatic carbocycles. The van der Waals surface area contributed by atoms with Gasteiger partial charge in [-0.3, -0.25) is 10.1 Å². The van der Waals surface area contributed by atoms with Gasteiger partial charge in [0.05, 0.1) is 8.04 Å². The van der Waals surface area contributed by atoms with Crippen LogP contribution in [0.3, 0.4) is 0 Å². The Hall–Kier alpha value is -0.670. The summed E-state index contributed by atoms with van der Waals surface area (Å²) in [6, 6.07) is 3.49. The molecule has 1 aliphatic rings. The number of carbonyl (C=O) groups excluding carboxylic acids is 1. The normalized spacial score (nSPS) is 17.2. The first-order chi connectivity index (χ1) is 7.97. The van der Waals surface area contributed by atoms with Gasteiger partial charge in [0.25, 0.3) is 5.91 Å². The third-order valence-corrected chi connectivity index (χ3v) is 3.70. The number of thiocarbonyl (C=S) groups is 1. The number of phenols is 1. The smallest absolute Gasteiger partial charge is 0.273 e. The lowest BCUT2D eigenvalue weighted by molar-refractivity contribution is -0.115. The lowest BCUT2D eigenvalue weighted by Gasteiger charge is -2.03. The van der Waals surface area contributed by atoms with Crippen molar-refractivity contribution in [1.82, 2.24) is 10.6 Å². The van der Waals surface area contributed by atoms with Gasteiger partial charge in [0.2, 0.25) is 0 Å². The molecule has 1 heterocycles. The molecule has 4 nitrogen and oxygen atoms in total. The molecule has 0 saturated carbocycles. The number of nitrogens with one attached hydrogen (secondary N) is 2. The van der Waals surface area contributed by atoms with Crippen LogP contribution in [0.1, 0.15) is 5.56 Å². The molecule has 17 heavy (non-hydrogen) atoms. The van der Waals surface area contributed by atoms with Crippen molar-refractivity contribution in [2.45, 2.75) is 0 Å². The molecule has 0 aromatic heterocycles. The van der Waals surface area contributed by atoms with Crippen molar-refractivity contribution in [3.8, 4) is 5.75 Å². The van der Waals surface area contributed by atoms with E-state index in [1.807, 2.05) is 22.6 Å². The minimum absolute atomic E-state index is 0.187. The van der Waals surface area contributed by atoms with Crippen molar-refractivity contribution in [1.29, 1.82) is 0 Å². The number of aromatic hydroxyl groups is 1. The fourth-order valence-electron chi connectivity index (χ4n) is 1.32. The van der Waals surface area contributed by atoms with E-state index in [0.717, 1.165) is 5.56 Å². The Bertz CT molecular complexity index is 536. The molecule has 1 saturated heterocycles. The van der Waals surface area contributed by atoms with Crippen LogP contribution in [0, 0.1) is 3.57 Å². The van der Waals surface area contributed by atoms with Crippen LogP contribution in [0.4, 0.5) is 0 Å². The zero-order valence-corrected chi connectivity index (χ0v) is 12.8. The highest BCUT2D eigenvalue weighted by Crippen LogP contribution is 2.31. The summed E-state index contributed by atoms with van der Waals surface area (Å²) in [7, 11) is 0. The standard InChI is InChI=1S/C10H6BrIN2O2S/c11-5-1-4(2-6(12)8(5)15)3-7-9(16)14-10(17)13-7/h1-3,15H,(H2,13,14,16,17)/b7-3+. The number of phenolic OH excluding ortho intramolecular Hbond substituents is 1. The number of rotatable bonds is 1. The number of carbonyl (C=O) groups is 1. The largest absolute Gasteiger partial charge is 0.506 e.